The summed E-state index contributed by atoms with van der Waals surface area (Å²) >= 11 is 11.6. The van der Waals surface area contributed by atoms with Crippen molar-refractivity contribution in [3.8, 4) is 5.75 Å². The van der Waals surface area contributed by atoms with E-state index in [1.165, 1.54) is 19.2 Å². The van der Waals surface area contributed by atoms with Gasteiger partial charge in [0.2, 0.25) is 0 Å². The lowest BCUT2D eigenvalue weighted by molar-refractivity contribution is -0.384. The van der Waals surface area contributed by atoms with Gasteiger partial charge in [-0.2, -0.15) is 18.3 Å². The van der Waals surface area contributed by atoms with Crippen molar-refractivity contribution in [1.29, 1.82) is 0 Å². The van der Waals surface area contributed by atoms with Crippen LogP contribution in [-0.2, 0) is 6.18 Å². The average Bonchev–Trinajstić information content (AvgIpc) is 2.55. The predicted octanol–water partition coefficient (Wildman–Crippen LogP) is 5.10. The molecule has 11 heteroatoms. The molecule has 0 aliphatic heterocycles. The Balaban J connectivity index is 2.41. The van der Waals surface area contributed by atoms with Crippen LogP contribution >= 0.6 is 23.2 Å². The van der Waals surface area contributed by atoms with Crippen LogP contribution in [0.2, 0.25) is 10.0 Å². The fourth-order valence-electron chi connectivity index (χ4n) is 2.01. The minimum atomic E-state index is -4.71. The Morgan fingerprint density at radius 3 is 2.50 bits per heavy atom. The van der Waals surface area contributed by atoms with Crippen molar-refractivity contribution in [3.05, 3.63) is 61.6 Å². The number of hydrogen-bond donors (Lipinski definition) is 1. The van der Waals surface area contributed by atoms with Crippen LogP contribution in [0.4, 0.5) is 24.5 Å². The summed E-state index contributed by atoms with van der Waals surface area (Å²) < 4.78 is 38.2. The van der Waals surface area contributed by atoms with Crippen LogP contribution < -0.4 is 5.01 Å². The number of alkyl halides is 3. The molecule has 0 aromatic heterocycles. The summed E-state index contributed by atoms with van der Waals surface area (Å²) in [5, 5.41) is 26.0. The molecule has 0 saturated carbocycles. The Kier molecular flexibility index (Phi) is 5.62. The zero-order chi connectivity index (χ0) is 19.6. The van der Waals surface area contributed by atoms with Crippen molar-refractivity contribution in [2.75, 3.05) is 12.1 Å². The summed E-state index contributed by atoms with van der Waals surface area (Å²) in [6, 6.07) is 4.72. The lowest BCUT2D eigenvalue weighted by Crippen LogP contribution is -2.13. The van der Waals surface area contributed by atoms with E-state index in [0.29, 0.717) is 12.1 Å². The monoisotopic (exact) mass is 407 g/mol. The van der Waals surface area contributed by atoms with Crippen LogP contribution in [0, 0.1) is 10.1 Å². The molecule has 0 spiro atoms. The normalized spacial score (nSPS) is 11.8. The van der Waals surface area contributed by atoms with Crippen molar-refractivity contribution >= 4 is 40.8 Å². The topological polar surface area (TPSA) is 79.0 Å². The van der Waals surface area contributed by atoms with Gasteiger partial charge in [0.25, 0.3) is 5.69 Å². The second kappa shape index (κ2) is 7.38. The Bertz CT molecular complexity index is 888. The zero-order valence-electron chi connectivity index (χ0n) is 13.0. The molecule has 6 nitrogen and oxygen atoms in total. The number of phenols is 1. The summed E-state index contributed by atoms with van der Waals surface area (Å²) in [5.41, 5.74) is -1.96. The molecule has 0 aliphatic carbocycles. The molecule has 0 bridgehead atoms. The molecule has 0 saturated heterocycles. The number of hydrogen-bond acceptors (Lipinski definition) is 5. The molecule has 0 fully saturated rings. The Hall–Kier alpha value is -2.52. The van der Waals surface area contributed by atoms with Gasteiger partial charge in [-0.25, -0.2) is 0 Å². The number of hydrazone groups is 1. The first-order valence-corrected chi connectivity index (χ1v) is 7.57. The quantitative estimate of drug-likeness (QED) is 0.434. The third-order valence-electron chi connectivity index (χ3n) is 3.28. The van der Waals surface area contributed by atoms with Gasteiger partial charge in [0.05, 0.1) is 21.7 Å². The lowest BCUT2D eigenvalue weighted by Gasteiger charge is -2.15. The Morgan fingerprint density at radius 2 is 1.92 bits per heavy atom. The first kappa shape index (κ1) is 19.8. The highest BCUT2D eigenvalue weighted by Gasteiger charge is 2.33. The number of rotatable bonds is 4. The van der Waals surface area contributed by atoms with Crippen molar-refractivity contribution in [1.82, 2.24) is 0 Å². The standard InChI is InChI=1S/C15H10Cl2F3N3O3/c1-22(21-7-8-4-10(16)6-11(17)14(8)24)12-3-2-9(15(18,19)20)5-13(12)23(25)26/h2-7,24H,1H3/b21-7+. The highest BCUT2D eigenvalue weighted by molar-refractivity contribution is 6.36. The number of halogens is 5. The van der Waals surface area contributed by atoms with Crippen LogP contribution in [0.15, 0.2) is 35.4 Å². The van der Waals surface area contributed by atoms with Gasteiger partial charge in [-0.3, -0.25) is 15.1 Å². The number of benzene rings is 2. The van der Waals surface area contributed by atoms with Gasteiger partial charge in [-0.05, 0) is 24.3 Å². The number of aromatic hydroxyl groups is 1. The number of nitro groups is 1. The molecule has 2 aromatic rings. The Morgan fingerprint density at radius 1 is 1.27 bits per heavy atom. The van der Waals surface area contributed by atoms with E-state index in [9.17, 15) is 28.4 Å². The van der Waals surface area contributed by atoms with E-state index >= 15 is 0 Å². The van der Waals surface area contributed by atoms with Gasteiger partial charge in [-0.1, -0.05) is 23.2 Å². The van der Waals surface area contributed by atoms with Gasteiger partial charge >= 0.3 is 6.18 Å². The number of anilines is 1. The molecular weight excluding hydrogens is 398 g/mol. The van der Waals surface area contributed by atoms with E-state index in [2.05, 4.69) is 5.10 Å². The molecular formula is C15H10Cl2F3N3O3. The highest BCUT2D eigenvalue weighted by atomic mass is 35.5. The van der Waals surface area contributed by atoms with Crippen molar-refractivity contribution in [2.45, 2.75) is 6.18 Å². The summed E-state index contributed by atoms with van der Waals surface area (Å²) in [5.74, 6) is -0.310. The van der Waals surface area contributed by atoms with Crippen molar-refractivity contribution in [3.63, 3.8) is 0 Å². The van der Waals surface area contributed by atoms with E-state index < -0.39 is 22.4 Å². The first-order chi connectivity index (χ1) is 12.0. The molecule has 0 atom stereocenters. The van der Waals surface area contributed by atoms with Crippen LogP contribution in [0.5, 0.6) is 5.75 Å². The van der Waals surface area contributed by atoms with Gasteiger partial charge in [0.1, 0.15) is 11.4 Å². The van der Waals surface area contributed by atoms with E-state index in [-0.39, 0.29) is 27.0 Å². The van der Waals surface area contributed by atoms with E-state index in [1.54, 1.807) is 0 Å². The molecule has 2 aromatic carbocycles. The smallest absolute Gasteiger partial charge is 0.416 e. The highest BCUT2D eigenvalue weighted by Crippen LogP contribution is 2.36. The summed E-state index contributed by atoms with van der Waals surface area (Å²) in [4.78, 5) is 10.2. The second-order valence-electron chi connectivity index (χ2n) is 5.05. The zero-order valence-corrected chi connectivity index (χ0v) is 14.5. The van der Waals surface area contributed by atoms with E-state index in [1.807, 2.05) is 0 Å². The van der Waals surface area contributed by atoms with Crippen LogP contribution in [0.1, 0.15) is 11.1 Å². The van der Waals surface area contributed by atoms with Gasteiger partial charge in [0.15, 0.2) is 0 Å². The fraction of sp³-hybridized carbons (Fsp3) is 0.133. The van der Waals surface area contributed by atoms with Crippen LogP contribution in [0.3, 0.4) is 0 Å². The van der Waals surface area contributed by atoms with Gasteiger partial charge in [-0.15, -0.1) is 0 Å². The minimum absolute atomic E-state index is 0.0258. The third-order valence-corrected chi connectivity index (χ3v) is 3.78. The lowest BCUT2D eigenvalue weighted by atomic mass is 10.1. The number of nitro benzene ring substituents is 1. The number of phenolic OH excluding ortho intramolecular Hbond substituents is 1. The maximum absolute atomic E-state index is 12.7. The van der Waals surface area contributed by atoms with Gasteiger partial charge < -0.3 is 5.11 Å². The minimum Gasteiger partial charge on any atom is -0.506 e. The number of nitrogens with zero attached hydrogens (tertiary/aromatic N) is 3. The molecule has 0 amide bonds. The van der Waals surface area contributed by atoms with E-state index in [0.717, 1.165) is 17.3 Å². The first-order valence-electron chi connectivity index (χ1n) is 6.82. The molecule has 2 rings (SSSR count). The fourth-order valence-corrected chi connectivity index (χ4v) is 2.52. The third kappa shape index (κ3) is 4.36. The molecule has 26 heavy (non-hydrogen) atoms. The molecule has 0 heterocycles. The largest absolute Gasteiger partial charge is 0.506 e. The molecule has 1 N–H and O–H groups in total. The van der Waals surface area contributed by atoms with Crippen LogP contribution in [-0.4, -0.2) is 23.3 Å². The molecule has 0 radical (unpaired) electrons. The molecule has 138 valence electrons. The van der Waals surface area contributed by atoms with Gasteiger partial charge in [0, 0.05) is 23.7 Å². The SMILES string of the molecule is CN(/N=C/c1cc(Cl)cc(Cl)c1O)c1ccc(C(F)(F)F)cc1[N+](=O)[O-]. The maximum atomic E-state index is 12.7. The van der Waals surface area contributed by atoms with E-state index in [4.69, 9.17) is 23.2 Å². The molecule has 0 aliphatic rings. The summed E-state index contributed by atoms with van der Waals surface area (Å²) in [6.07, 6.45) is -3.59. The maximum Gasteiger partial charge on any atom is 0.416 e. The molecule has 0 unspecified atom stereocenters. The van der Waals surface area contributed by atoms with Crippen LogP contribution in [0.25, 0.3) is 0 Å². The van der Waals surface area contributed by atoms with Crippen molar-refractivity contribution in [2.24, 2.45) is 5.10 Å². The summed E-state index contributed by atoms with van der Waals surface area (Å²) in [7, 11) is 1.30. The predicted molar refractivity (Wildman–Crippen MR) is 92.2 cm³/mol. The Labute approximate surface area is 155 Å². The summed E-state index contributed by atoms with van der Waals surface area (Å²) in [6.45, 7) is 0. The average molecular weight is 408 g/mol. The van der Waals surface area contributed by atoms with Crippen molar-refractivity contribution < 1.29 is 23.2 Å². The second-order valence-corrected chi connectivity index (χ2v) is 5.90.